The highest BCUT2D eigenvalue weighted by Crippen LogP contribution is 2.38. The van der Waals surface area contributed by atoms with Crippen LogP contribution in [0.3, 0.4) is 0 Å². The maximum atomic E-state index is 10.7. The molecule has 1 aromatic rings. The predicted molar refractivity (Wildman–Crippen MR) is 58.1 cm³/mol. The van der Waals surface area contributed by atoms with Gasteiger partial charge in [-0.1, -0.05) is 0 Å². The Kier molecular flexibility index (Phi) is 3.67. The van der Waals surface area contributed by atoms with E-state index in [1.54, 1.807) is 6.26 Å². The molecule has 8 heteroatoms. The summed E-state index contributed by atoms with van der Waals surface area (Å²) >= 11 is 1.13. The Labute approximate surface area is 94.7 Å². The minimum atomic E-state index is -0.712. The molecule has 1 aromatic carbocycles. The molecule has 0 radical (unpaired) electrons. The van der Waals surface area contributed by atoms with E-state index in [4.69, 9.17) is 4.74 Å². The van der Waals surface area contributed by atoms with E-state index < -0.39 is 15.5 Å². The van der Waals surface area contributed by atoms with Crippen molar-refractivity contribution in [2.24, 2.45) is 0 Å². The van der Waals surface area contributed by atoms with Crippen molar-refractivity contribution in [1.82, 2.24) is 0 Å². The van der Waals surface area contributed by atoms with E-state index in [-0.39, 0.29) is 11.4 Å². The first-order chi connectivity index (χ1) is 7.51. The van der Waals surface area contributed by atoms with Crippen molar-refractivity contribution in [2.75, 3.05) is 13.4 Å². The van der Waals surface area contributed by atoms with Crippen molar-refractivity contribution in [3.63, 3.8) is 0 Å². The van der Waals surface area contributed by atoms with Gasteiger partial charge in [-0.05, 0) is 6.26 Å². The van der Waals surface area contributed by atoms with E-state index in [9.17, 15) is 20.2 Å². The number of nitro benzene ring substituents is 2. The van der Waals surface area contributed by atoms with Crippen molar-refractivity contribution >= 4 is 23.1 Å². The normalized spacial score (nSPS) is 9.88. The van der Waals surface area contributed by atoms with Crippen LogP contribution in [0.4, 0.5) is 11.4 Å². The first-order valence-electron chi connectivity index (χ1n) is 4.06. The largest absolute Gasteiger partial charge is 0.490 e. The Balaban J connectivity index is 3.46. The predicted octanol–water partition coefficient (Wildman–Crippen LogP) is 2.23. The highest BCUT2D eigenvalue weighted by Gasteiger charge is 2.24. The van der Waals surface area contributed by atoms with Gasteiger partial charge in [-0.25, -0.2) is 0 Å². The fourth-order valence-electron chi connectivity index (χ4n) is 1.15. The van der Waals surface area contributed by atoms with Crippen molar-refractivity contribution in [3.8, 4) is 5.75 Å². The van der Waals surface area contributed by atoms with Gasteiger partial charge in [-0.3, -0.25) is 20.2 Å². The first-order valence-corrected chi connectivity index (χ1v) is 5.28. The van der Waals surface area contributed by atoms with Gasteiger partial charge >= 0.3 is 5.69 Å². The second kappa shape index (κ2) is 4.79. The molecule has 0 aliphatic rings. The molecule has 0 saturated heterocycles. The lowest BCUT2D eigenvalue weighted by Crippen LogP contribution is -1.98. The summed E-state index contributed by atoms with van der Waals surface area (Å²) in [6, 6.07) is 2.20. The van der Waals surface area contributed by atoms with E-state index in [0.29, 0.717) is 4.90 Å². The minimum absolute atomic E-state index is 0.0138. The smallest absolute Gasteiger partial charge is 0.317 e. The maximum absolute atomic E-state index is 10.7. The second-order valence-corrected chi connectivity index (χ2v) is 3.56. The molecule has 0 aliphatic carbocycles. The summed E-state index contributed by atoms with van der Waals surface area (Å²) in [5, 5.41) is 21.3. The number of ether oxygens (including phenoxy) is 1. The van der Waals surface area contributed by atoms with Gasteiger partial charge in [0.05, 0.1) is 27.9 Å². The molecular formula is C8H8N2O5S. The van der Waals surface area contributed by atoms with Crippen LogP contribution < -0.4 is 4.74 Å². The summed E-state index contributed by atoms with van der Waals surface area (Å²) in [7, 11) is 1.28. The lowest BCUT2D eigenvalue weighted by molar-refractivity contribution is -0.396. The van der Waals surface area contributed by atoms with Crippen LogP contribution in [-0.2, 0) is 0 Å². The number of benzene rings is 1. The van der Waals surface area contributed by atoms with Crippen LogP contribution in [0, 0.1) is 20.2 Å². The average Bonchev–Trinajstić information content (AvgIpc) is 2.26. The van der Waals surface area contributed by atoms with Gasteiger partial charge in [-0.15, -0.1) is 11.8 Å². The number of nitrogens with zero attached hydrogens (tertiary/aromatic N) is 2. The zero-order valence-electron chi connectivity index (χ0n) is 8.50. The Morgan fingerprint density at radius 2 is 1.75 bits per heavy atom. The Bertz CT molecular complexity index is 411. The lowest BCUT2D eigenvalue weighted by atomic mass is 10.2. The Morgan fingerprint density at radius 3 is 2.12 bits per heavy atom. The average molecular weight is 244 g/mol. The fraction of sp³-hybridized carbons (Fsp3) is 0.250. The van der Waals surface area contributed by atoms with Crippen LogP contribution in [0.2, 0.25) is 0 Å². The third-order valence-corrected chi connectivity index (χ3v) is 2.64. The number of methoxy groups -OCH3 is 1. The van der Waals surface area contributed by atoms with Crippen molar-refractivity contribution < 1.29 is 14.6 Å². The number of hydrogen-bond donors (Lipinski definition) is 0. The molecule has 7 nitrogen and oxygen atoms in total. The fourth-order valence-corrected chi connectivity index (χ4v) is 1.72. The number of thioether (sulfide) groups is 1. The molecule has 0 aromatic heterocycles. The van der Waals surface area contributed by atoms with Crippen LogP contribution in [0.15, 0.2) is 17.0 Å². The summed E-state index contributed by atoms with van der Waals surface area (Å²) in [4.78, 5) is 20.3. The van der Waals surface area contributed by atoms with Crippen LogP contribution in [0.5, 0.6) is 5.75 Å². The quantitative estimate of drug-likeness (QED) is 0.457. The van der Waals surface area contributed by atoms with Crippen LogP contribution in [-0.4, -0.2) is 23.2 Å². The molecule has 0 atom stereocenters. The highest BCUT2D eigenvalue weighted by atomic mass is 32.2. The third kappa shape index (κ3) is 2.22. The van der Waals surface area contributed by atoms with E-state index in [2.05, 4.69) is 0 Å². The van der Waals surface area contributed by atoms with E-state index in [0.717, 1.165) is 17.8 Å². The maximum Gasteiger partial charge on any atom is 0.317 e. The van der Waals surface area contributed by atoms with Crippen LogP contribution in [0.1, 0.15) is 0 Å². The molecule has 0 unspecified atom stereocenters. The summed E-state index contributed by atoms with van der Waals surface area (Å²) in [5.41, 5.74) is -0.702. The molecular weight excluding hydrogens is 236 g/mol. The standard InChI is InChI=1S/C8H8N2O5S/c1-15-7-4-8(16-2)6(10(13)14)3-5(7)9(11)12/h3-4H,1-2H3. The van der Waals surface area contributed by atoms with Gasteiger partial charge in [0.2, 0.25) is 0 Å². The molecule has 1 rings (SSSR count). The topological polar surface area (TPSA) is 95.5 Å². The molecule has 0 saturated carbocycles. The van der Waals surface area contributed by atoms with Gasteiger partial charge in [0, 0.05) is 6.07 Å². The van der Waals surface area contributed by atoms with Gasteiger partial charge < -0.3 is 4.74 Å². The van der Waals surface area contributed by atoms with E-state index >= 15 is 0 Å². The Morgan fingerprint density at radius 1 is 1.19 bits per heavy atom. The molecule has 0 aliphatic heterocycles. The molecule has 0 N–H and O–H groups in total. The molecule has 86 valence electrons. The number of nitro groups is 2. The van der Waals surface area contributed by atoms with Gasteiger partial charge in [-0.2, -0.15) is 0 Å². The zero-order chi connectivity index (χ0) is 12.3. The molecule has 0 fully saturated rings. The summed E-state index contributed by atoms with van der Waals surface area (Å²) in [5.74, 6) is 0.0138. The molecule has 0 amide bonds. The third-order valence-electron chi connectivity index (χ3n) is 1.87. The second-order valence-electron chi connectivity index (χ2n) is 2.71. The van der Waals surface area contributed by atoms with Crippen LogP contribution >= 0.6 is 11.8 Å². The lowest BCUT2D eigenvalue weighted by Gasteiger charge is -2.04. The van der Waals surface area contributed by atoms with E-state index in [1.807, 2.05) is 0 Å². The summed E-state index contributed by atoms with van der Waals surface area (Å²) in [6.45, 7) is 0. The monoisotopic (exact) mass is 244 g/mol. The molecule has 0 bridgehead atoms. The summed E-state index contributed by atoms with van der Waals surface area (Å²) in [6.07, 6.45) is 1.65. The van der Waals surface area contributed by atoms with E-state index in [1.165, 1.54) is 13.2 Å². The van der Waals surface area contributed by atoms with Crippen molar-refractivity contribution in [3.05, 3.63) is 32.4 Å². The van der Waals surface area contributed by atoms with Gasteiger partial charge in [0.15, 0.2) is 5.75 Å². The summed E-state index contributed by atoms with van der Waals surface area (Å²) < 4.78 is 4.81. The molecule has 16 heavy (non-hydrogen) atoms. The Hall–Kier alpha value is -1.83. The van der Waals surface area contributed by atoms with Crippen LogP contribution in [0.25, 0.3) is 0 Å². The molecule has 0 heterocycles. The minimum Gasteiger partial charge on any atom is -0.490 e. The SMILES string of the molecule is COc1cc(SC)c([N+](=O)[O-])cc1[N+](=O)[O-]. The van der Waals surface area contributed by atoms with Gasteiger partial charge in [0.1, 0.15) is 0 Å². The molecule has 0 spiro atoms. The zero-order valence-corrected chi connectivity index (χ0v) is 9.32. The number of hydrogen-bond acceptors (Lipinski definition) is 6. The van der Waals surface area contributed by atoms with Crippen molar-refractivity contribution in [1.29, 1.82) is 0 Å². The first kappa shape index (κ1) is 12.2. The van der Waals surface area contributed by atoms with Crippen molar-refractivity contribution in [2.45, 2.75) is 4.90 Å². The number of rotatable bonds is 4. The highest BCUT2D eigenvalue weighted by molar-refractivity contribution is 7.98. The van der Waals surface area contributed by atoms with Gasteiger partial charge in [0.25, 0.3) is 5.69 Å².